The first-order valence-electron chi connectivity index (χ1n) is 5.81. The van der Waals surface area contributed by atoms with Crippen molar-refractivity contribution in [3.8, 4) is 6.07 Å². The Morgan fingerprint density at radius 1 is 1.26 bits per heavy atom. The van der Waals surface area contributed by atoms with E-state index in [9.17, 15) is 13.6 Å². The third-order valence-electron chi connectivity index (χ3n) is 2.36. The number of hydrogen-bond donors (Lipinski definition) is 2. The molecule has 0 heterocycles. The van der Waals surface area contributed by atoms with Crippen molar-refractivity contribution >= 4 is 11.6 Å². The molecule has 1 atom stereocenters. The molecule has 1 aromatic carbocycles. The second-order valence-electron chi connectivity index (χ2n) is 4.46. The number of nitrogens with one attached hydrogen (secondary N) is 2. The normalized spacial score (nSPS) is 11.8. The molecule has 0 aliphatic heterocycles. The number of nitrogens with zero attached hydrogens (tertiary/aromatic N) is 1. The number of benzene rings is 1. The van der Waals surface area contributed by atoms with Crippen LogP contribution in [-0.2, 0) is 4.79 Å². The van der Waals surface area contributed by atoms with Gasteiger partial charge in [-0.15, -0.1) is 0 Å². The molecule has 1 amide bonds. The van der Waals surface area contributed by atoms with Crippen LogP contribution in [0, 0.1) is 23.0 Å². The van der Waals surface area contributed by atoms with Crippen molar-refractivity contribution in [2.45, 2.75) is 32.9 Å². The molecule has 102 valence electrons. The summed E-state index contributed by atoms with van der Waals surface area (Å²) in [5.41, 5.74) is -0.523. The van der Waals surface area contributed by atoms with E-state index in [4.69, 9.17) is 5.26 Å². The van der Waals surface area contributed by atoms with Crippen LogP contribution in [0.5, 0.6) is 0 Å². The molecule has 1 unspecified atom stereocenters. The summed E-state index contributed by atoms with van der Waals surface area (Å²) in [7, 11) is 0. The molecule has 0 aliphatic carbocycles. The molecule has 0 bridgehead atoms. The summed E-state index contributed by atoms with van der Waals surface area (Å²) in [6.07, 6.45) is 0. The first-order valence-corrected chi connectivity index (χ1v) is 5.81. The van der Waals surface area contributed by atoms with Gasteiger partial charge in [-0.3, -0.25) is 4.79 Å². The standard InChI is InChI=1S/C13H15F2N3O/c1-7(2)17-13(19)8(3)18-12-10(14)4-9(6-16)5-11(12)15/h4-5,7-8,18H,1-3H3,(H,17,19). The van der Waals surface area contributed by atoms with Gasteiger partial charge < -0.3 is 10.6 Å². The van der Waals surface area contributed by atoms with Crippen LogP contribution in [0.4, 0.5) is 14.5 Å². The molecular weight excluding hydrogens is 252 g/mol. The van der Waals surface area contributed by atoms with Crippen molar-refractivity contribution in [3.05, 3.63) is 29.3 Å². The number of carbonyl (C=O) groups excluding carboxylic acids is 1. The average Bonchev–Trinajstić information content (AvgIpc) is 2.32. The van der Waals surface area contributed by atoms with Crippen molar-refractivity contribution in [1.29, 1.82) is 5.26 Å². The molecule has 0 spiro atoms. The minimum atomic E-state index is -0.902. The van der Waals surface area contributed by atoms with Crippen LogP contribution in [0.1, 0.15) is 26.3 Å². The summed E-state index contributed by atoms with van der Waals surface area (Å²) < 4.78 is 27.2. The number of halogens is 2. The highest BCUT2D eigenvalue weighted by atomic mass is 19.1. The van der Waals surface area contributed by atoms with Crippen LogP contribution >= 0.6 is 0 Å². The summed E-state index contributed by atoms with van der Waals surface area (Å²) in [5, 5.41) is 13.7. The maximum absolute atomic E-state index is 13.6. The van der Waals surface area contributed by atoms with Crippen molar-refractivity contribution in [1.82, 2.24) is 5.32 Å². The van der Waals surface area contributed by atoms with Gasteiger partial charge in [0.25, 0.3) is 0 Å². The third-order valence-corrected chi connectivity index (χ3v) is 2.36. The Labute approximate surface area is 110 Å². The van der Waals surface area contributed by atoms with E-state index in [-0.39, 0.29) is 17.5 Å². The topological polar surface area (TPSA) is 64.9 Å². The molecule has 0 saturated carbocycles. The Morgan fingerprint density at radius 2 is 1.79 bits per heavy atom. The van der Waals surface area contributed by atoms with Gasteiger partial charge in [0.05, 0.1) is 11.6 Å². The number of nitriles is 1. The molecule has 0 radical (unpaired) electrons. The quantitative estimate of drug-likeness (QED) is 0.878. The molecule has 0 saturated heterocycles. The Kier molecular flexibility index (Phi) is 4.81. The van der Waals surface area contributed by atoms with Crippen LogP contribution in [0.25, 0.3) is 0 Å². The Balaban J connectivity index is 2.89. The number of rotatable bonds is 4. The summed E-state index contributed by atoms with van der Waals surface area (Å²) in [5.74, 6) is -2.17. The summed E-state index contributed by atoms with van der Waals surface area (Å²) in [4.78, 5) is 11.6. The van der Waals surface area contributed by atoms with E-state index < -0.39 is 23.4 Å². The maximum Gasteiger partial charge on any atom is 0.242 e. The second-order valence-corrected chi connectivity index (χ2v) is 4.46. The van der Waals surface area contributed by atoms with E-state index in [0.717, 1.165) is 12.1 Å². The number of hydrogen-bond acceptors (Lipinski definition) is 3. The first-order chi connectivity index (χ1) is 8.85. The minimum Gasteiger partial charge on any atom is -0.369 e. The average molecular weight is 267 g/mol. The molecule has 4 nitrogen and oxygen atoms in total. The van der Waals surface area contributed by atoms with Gasteiger partial charge >= 0.3 is 0 Å². The summed E-state index contributed by atoms with van der Waals surface area (Å²) in [6.45, 7) is 5.07. The first kappa shape index (κ1) is 14.9. The van der Waals surface area contributed by atoms with E-state index in [1.807, 2.05) is 0 Å². The van der Waals surface area contributed by atoms with Gasteiger partial charge in [0, 0.05) is 6.04 Å². The second kappa shape index (κ2) is 6.14. The summed E-state index contributed by atoms with van der Waals surface area (Å²) >= 11 is 0. The molecule has 0 fully saturated rings. The zero-order chi connectivity index (χ0) is 14.6. The van der Waals surface area contributed by atoms with Crippen LogP contribution in [0.3, 0.4) is 0 Å². The number of anilines is 1. The van der Waals surface area contributed by atoms with E-state index in [0.29, 0.717) is 0 Å². The van der Waals surface area contributed by atoms with Gasteiger partial charge in [0.1, 0.15) is 11.7 Å². The molecule has 1 aromatic rings. The van der Waals surface area contributed by atoms with Crippen LogP contribution in [0.2, 0.25) is 0 Å². The third kappa shape index (κ3) is 3.91. The largest absolute Gasteiger partial charge is 0.369 e. The Morgan fingerprint density at radius 3 is 2.21 bits per heavy atom. The van der Waals surface area contributed by atoms with E-state index in [1.165, 1.54) is 6.92 Å². The van der Waals surface area contributed by atoms with Crippen LogP contribution in [0.15, 0.2) is 12.1 Å². The highest BCUT2D eigenvalue weighted by Crippen LogP contribution is 2.21. The van der Waals surface area contributed by atoms with Gasteiger partial charge in [-0.05, 0) is 32.9 Å². The van der Waals surface area contributed by atoms with Crippen LogP contribution < -0.4 is 10.6 Å². The lowest BCUT2D eigenvalue weighted by Crippen LogP contribution is -2.41. The summed E-state index contributed by atoms with van der Waals surface area (Å²) in [6, 6.07) is 2.63. The molecule has 1 rings (SSSR count). The number of amides is 1. The molecule has 0 aromatic heterocycles. The molecule has 6 heteroatoms. The smallest absolute Gasteiger partial charge is 0.242 e. The van der Waals surface area contributed by atoms with E-state index in [1.54, 1.807) is 19.9 Å². The van der Waals surface area contributed by atoms with E-state index in [2.05, 4.69) is 10.6 Å². The SMILES string of the molecule is CC(C)NC(=O)C(C)Nc1c(F)cc(C#N)cc1F. The zero-order valence-corrected chi connectivity index (χ0v) is 10.9. The zero-order valence-electron chi connectivity index (χ0n) is 10.9. The van der Waals surface area contributed by atoms with Gasteiger partial charge in [0.15, 0.2) is 11.6 Å². The van der Waals surface area contributed by atoms with Gasteiger partial charge in [-0.2, -0.15) is 5.26 Å². The molecule has 2 N–H and O–H groups in total. The fourth-order valence-corrected chi connectivity index (χ4v) is 1.47. The molecule has 19 heavy (non-hydrogen) atoms. The van der Waals surface area contributed by atoms with Gasteiger partial charge in [0.2, 0.25) is 5.91 Å². The Hall–Kier alpha value is -2.16. The fraction of sp³-hybridized carbons (Fsp3) is 0.385. The van der Waals surface area contributed by atoms with Gasteiger partial charge in [-0.1, -0.05) is 0 Å². The Bertz CT molecular complexity index is 500. The predicted molar refractivity (Wildman–Crippen MR) is 67.4 cm³/mol. The van der Waals surface area contributed by atoms with Crippen molar-refractivity contribution in [2.24, 2.45) is 0 Å². The lowest BCUT2D eigenvalue weighted by atomic mass is 10.2. The van der Waals surface area contributed by atoms with Crippen molar-refractivity contribution in [3.63, 3.8) is 0 Å². The highest BCUT2D eigenvalue weighted by molar-refractivity contribution is 5.84. The lowest BCUT2D eigenvalue weighted by Gasteiger charge is -2.17. The predicted octanol–water partition coefficient (Wildman–Crippen LogP) is 2.16. The van der Waals surface area contributed by atoms with Gasteiger partial charge in [-0.25, -0.2) is 8.78 Å². The maximum atomic E-state index is 13.6. The fourth-order valence-electron chi connectivity index (χ4n) is 1.47. The number of carbonyl (C=O) groups is 1. The highest BCUT2D eigenvalue weighted by Gasteiger charge is 2.18. The lowest BCUT2D eigenvalue weighted by molar-refractivity contribution is -0.122. The van der Waals surface area contributed by atoms with Crippen LogP contribution in [-0.4, -0.2) is 18.0 Å². The molecular formula is C13H15F2N3O. The van der Waals surface area contributed by atoms with E-state index >= 15 is 0 Å². The minimum absolute atomic E-state index is 0.0626. The van der Waals surface area contributed by atoms with Crippen molar-refractivity contribution in [2.75, 3.05) is 5.32 Å². The molecule has 0 aliphatic rings. The monoisotopic (exact) mass is 267 g/mol. The van der Waals surface area contributed by atoms with Crippen molar-refractivity contribution < 1.29 is 13.6 Å².